The van der Waals surface area contributed by atoms with Gasteiger partial charge in [0.2, 0.25) is 0 Å². The van der Waals surface area contributed by atoms with Gasteiger partial charge < -0.3 is 0 Å². The predicted octanol–water partition coefficient (Wildman–Crippen LogP) is 4.16. The molecule has 0 bridgehead atoms. The number of rotatable bonds is 6. The summed E-state index contributed by atoms with van der Waals surface area (Å²) >= 11 is 3.25. The topological polar surface area (TPSA) is 58.7 Å². The number of aryl methyl sites for hydroxylation is 1. The van der Waals surface area contributed by atoms with Crippen LogP contribution in [0.25, 0.3) is 10.2 Å². The van der Waals surface area contributed by atoms with Gasteiger partial charge in [-0.3, -0.25) is 9.36 Å². The Hall–Kier alpha value is -1.58. The van der Waals surface area contributed by atoms with Crippen LogP contribution in [0.3, 0.4) is 0 Å². The van der Waals surface area contributed by atoms with Crippen molar-refractivity contribution in [2.75, 3.05) is 5.75 Å². The van der Waals surface area contributed by atoms with Gasteiger partial charge in [-0.05, 0) is 37.2 Å². The molecule has 0 fully saturated rings. The number of thioether (sulfide) groups is 1. The monoisotopic (exact) mass is 359 g/mol. The molecule has 1 aliphatic rings. The number of fused-ring (bicyclic) bond motifs is 3. The first-order chi connectivity index (χ1) is 11.7. The Morgan fingerprint density at radius 3 is 3.17 bits per heavy atom. The largest absolute Gasteiger partial charge is 0.283 e. The number of hydrogen-bond acceptors (Lipinski definition) is 5. The summed E-state index contributed by atoms with van der Waals surface area (Å²) in [5.74, 6) is 1.48. The Morgan fingerprint density at radius 1 is 1.58 bits per heavy atom. The second-order valence-electron chi connectivity index (χ2n) is 6.24. The van der Waals surface area contributed by atoms with Crippen molar-refractivity contribution < 1.29 is 0 Å². The molecule has 0 radical (unpaired) electrons. The summed E-state index contributed by atoms with van der Waals surface area (Å²) in [5, 5.41) is 10.2. The van der Waals surface area contributed by atoms with Gasteiger partial charge in [0.25, 0.3) is 5.56 Å². The standard InChI is InChI=1S/C18H21N3OS2/c1-3-9-21-17(22)15-13-7-6-12(2)11-14(13)24-16(15)20-18(21)23-10-5-4-8-19/h3,12H,1,4-7,9-11H2,2H3/t12-/m1/s1. The highest BCUT2D eigenvalue weighted by molar-refractivity contribution is 7.99. The van der Waals surface area contributed by atoms with Gasteiger partial charge in [-0.15, -0.1) is 17.9 Å². The fourth-order valence-electron chi connectivity index (χ4n) is 3.12. The van der Waals surface area contributed by atoms with Gasteiger partial charge in [0, 0.05) is 23.6 Å². The molecule has 0 aliphatic heterocycles. The van der Waals surface area contributed by atoms with E-state index in [0.717, 1.165) is 46.8 Å². The number of unbranched alkanes of at least 4 members (excludes halogenated alkanes) is 1. The normalized spacial score (nSPS) is 16.8. The molecule has 3 rings (SSSR count). The summed E-state index contributed by atoms with van der Waals surface area (Å²) in [5.41, 5.74) is 1.29. The molecule has 0 amide bonds. The molecular formula is C18H21N3OS2. The molecule has 4 nitrogen and oxygen atoms in total. The van der Waals surface area contributed by atoms with E-state index < -0.39 is 0 Å². The SMILES string of the molecule is C=CCn1c(SCCCC#N)nc2sc3c(c2c1=O)CC[C@@H](C)C3. The number of allylic oxidation sites excluding steroid dienone is 1. The van der Waals surface area contributed by atoms with Crippen LogP contribution >= 0.6 is 23.1 Å². The minimum atomic E-state index is 0.0646. The fraction of sp³-hybridized carbons (Fsp3) is 0.500. The maximum atomic E-state index is 13.1. The third-order valence-corrected chi connectivity index (χ3v) is 6.57. The fourth-order valence-corrected chi connectivity index (χ4v) is 5.49. The van der Waals surface area contributed by atoms with Crippen LogP contribution in [-0.2, 0) is 19.4 Å². The molecule has 2 aromatic rings. The van der Waals surface area contributed by atoms with Crippen LogP contribution in [0.2, 0.25) is 0 Å². The van der Waals surface area contributed by atoms with Gasteiger partial charge in [0.05, 0.1) is 11.5 Å². The van der Waals surface area contributed by atoms with Crippen LogP contribution in [0, 0.1) is 17.2 Å². The first-order valence-electron chi connectivity index (χ1n) is 8.31. The summed E-state index contributed by atoms with van der Waals surface area (Å²) < 4.78 is 1.73. The average Bonchev–Trinajstić information content (AvgIpc) is 2.92. The van der Waals surface area contributed by atoms with E-state index in [1.54, 1.807) is 33.7 Å². The Labute approximate surface area is 150 Å². The summed E-state index contributed by atoms with van der Waals surface area (Å²) in [6.45, 7) is 6.52. The maximum Gasteiger partial charge on any atom is 0.263 e. The Balaban J connectivity index is 2.05. The predicted molar refractivity (Wildman–Crippen MR) is 101 cm³/mol. The summed E-state index contributed by atoms with van der Waals surface area (Å²) in [4.78, 5) is 20.1. The van der Waals surface area contributed by atoms with E-state index in [0.29, 0.717) is 18.9 Å². The summed E-state index contributed by atoms with van der Waals surface area (Å²) in [6.07, 6.45) is 6.27. The van der Waals surface area contributed by atoms with Gasteiger partial charge in [0.15, 0.2) is 5.16 Å². The first-order valence-corrected chi connectivity index (χ1v) is 10.1. The molecule has 0 saturated heterocycles. The molecule has 2 heterocycles. The van der Waals surface area contributed by atoms with Gasteiger partial charge in [-0.1, -0.05) is 24.8 Å². The summed E-state index contributed by atoms with van der Waals surface area (Å²) in [7, 11) is 0. The van der Waals surface area contributed by atoms with Crippen LogP contribution in [0.1, 0.15) is 36.6 Å². The highest BCUT2D eigenvalue weighted by Crippen LogP contribution is 2.36. The number of nitrogens with zero attached hydrogens (tertiary/aromatic N) is 3. The second kappa shape index (κ2) is 7.54. The lowest BCUT2D eigenvalue weighted by Crippen LogP contribution is -2.23. The summed E-state index contributed by atoms with van der Waals surface area (Å²) in [6, 6.07) is 2.16. The third-order valence-electron chi connectivity index (χ3n) is 4.36. The number of hydrogen-bond donors (Lipinski definition) is 0. The second-order valence-corrected chi connectivity index (χ2v) is 8.39. The molecule has 0 saturated carbocycles. The zero-order valence-corrected chi connectivity index (χ0v) is 15.5. The highest BCUT2D eigenvalue weighted by atomic mass is 32.2. The molecule has 24 heavy (non-hydrogen) atoms. The van der Waals surface area contributed by atoms with Gasteiger partial charge >= 0.3 is 0 Å². The highest BCUT2D eigenvalue weighted by Gasteiger charge is 2.24. The van der Waals surface area contributed by atoms with E-state index in [1.165, 1.54) is 10.4 Å². The molecule has 6 heteroatoms. The van der Waals surface area contributed by atoms with Crippen molar-refractivity contribution >= 4 is 33.3 Å². The molecule has 0 N–H and O–H groups in total. The number of nitriles is 1. The van der Waals surface area contributed by atoms with Gasteiger partial charge in [-0.2, -0.15) is 5.26 Å². The first kappa shape index (κ1) is 17.2. The Morgan fingerprint density at radius 2 is 2.42 bits per heavy atom. The molecule has 2 aromatic heterocycles. The van der Waals surface area contributed by atoms with E-state index in [-0.39, 0.29) is 5.56 Å². The molecule has 0 spiro atoms. The lowest BCUT2D eigenvalue weighted by Gasteiger charge is -2.17. The Bertz CT molecular complexity index is 860. The van der Waals surface area contributed by atoms with Gasteiger partial charge in [0.1, 0.15) is 4.83 Å². The lowest BCUT2D eigenvalue weighted by atomic mass is 9.89. The minimum Gasteiger partial charge on any atom is -0.283 e. The number of aromatic nitrogens is 2. The van der Waals surface area contributed by atoms with Crippen LogP contribution < -0.4 is 5.56 Å². The van der Waals surface area contributed by atoms with Crippen molar-refractivity contribution in [1.29, 1.82) is 5.26 Å². The van der Waals surface area contributed by atoms with E-state index in [9.17, 15) is 4.79 Å². The third kappa shape index (κ3) is 3.28. The van der Waals surface area contributed by atoms with Gasteiger partial charge in [-0.25, -0.2) is 4.98 Å². The number of thiophene rings is 1. The van der Waals surface area contributed by atoms with Crippen molar-refractivity contribution in [2.45, 2.75) is 50.7 Å². The molecule has 0 unspecified atom stereocenters. The molecular weight excluding hydrogens is 338 g/mol. The van der Waals surface area contributed by atoms with Crippen molar-refractivity contribution in [3.05, 3.63) is 33.4 Å². The maximum absolute atomic E-state index is 13.1. The lowest BCUT2D eigenvalue weighted by molar-refractivity contribution is 0.509. The zero-order valence-electron chi connectivity index (χ0n) is 13.9. The van der Waals surface area contributed by atoms with Crippen molar-refractivity contribution in [1.82, 2.24) is 9.55 Å². The molecule has 1 atom stereocenters. The van der Waals surface area contributed by atoms with Crippen molar-refractivity contribution in [3.8, 4) is 6.07 Å². The zero-order chi connectivity index (χ0) is 17.1. The molecule has 1 aliphatic carbocycles. The Kier molecular flexibility index (Phi) is 5.42. The van der Waals surface area contributed by atoms with E-state index in [4.69, 9.17) is 10.2 Å². The smallest absolute Gasteiger partial charge is 0.263 e. The molecule has 0 aromatic carbocycles. The van der Waals surface area contributed by atoms with Crippen LogP contribution in [0.5, 0.6) is 0 Å². The average molecular weight is 360 g/mol. The van der Waals surface area contributed by atoms with E-state index >= 15 is 0 Å². The van der Waals surface area contributed by atoms with Crippen LogP contribution in [-0.4, -0.2) is 15.3 Å². The van der Waals surface area contributed by atoms with E-state index in [2.05, 4.69) is 19.6 Å². The quantitative estimate of drug-likeness (QED) is 0.336. The minimum absolute atomic E-state index is 0.0646. The van der Waals surface area contributed by atoms with Crippen LogP contribution in [0.15, 0.2) is 22.6 Å². The van der Waals surface area contributed by atoms with Crippen molar-refractivity contribution in [2.24, 2.45) is 5.92 Å². The molecule has 126 valence electrons. The van der Waals surface area contributed by atoms with E-state index in [1.807, 2.05) is 0 Å². The van der Waals surface area contributed by atoms with Crippen LogP contribution in [0.4, 0.5) is 0 Å². The van der Waals surface area contributed by atoms with Crippen molar-refractivity contribution in [3.63, 3.8) is 0 Å².